The molecule has 19 heavy (non-hydrogen) atoms. The van der Waals surface area contributed by atoms with Gasteiger partial charge in [0.25, 0.3) is 0 Å². The molecular weight excluding hydrogens is 236 g/mol. The Bertz CT molecular complexity index is 445. The Kier molecular flexibility index (Phi) is 3.44. The summed E-state index contributed by atoms with van der Waals surface area (Å²) in [4.78, 5) is 9.16. The van der Waals surface area contributed by atoms with E-state index in [1.807, 2.05) is 6.92 Å². The molecule has 0 amide bonds. The van der Waals surface area contributed by atoms with Gasteiger partial charge < -0.3 is 10.6 Å². The van der Waals surface area contributed by atoms with E-state index in [-0.39, 0.29) is 0 Å². The van der Waals surface area contributed by atoms with Crippen molar-refractivity contribution in [1.82, 2.24) is 15.3 Å². The maximum absolute atomic E-state index is 4.66. The summed E-state index contributed by atoms with van der Waals surface area (Å²) in [6.07, 6.45) is 5.11. The second-order valence-corrected chi connectivity index (χ2v) is 6.36. The summed E-state index contributed by atoms with van der Waals surface area (Å²) in [5.41, 5.74) is 1.05. The predicted octanol–water partition coefficient (Wildman–Crippen LogP) is 2.60. The zero-order valence-corrected chi connectivity index (χ0v) is 12.1. The monoisotopic (exact) mass is 260 g/mol. The van der Waals surface area contributed by atoms with Crippen LogP contribution < -0.4 is 10.6 Å². The lowest BCUT2D eigenvalue weighted by Crippen LogP contribution is -2.43. The summed E-state index contributed by atoms with van der Waals surface area (Å²) in [7, 11) is 0. The molecule has 3 rings (SSSR count). The maximum Gasteiger partial charge on any atom is 0.133 e. The molecule has 4 nitrogen and oxygen atoms in total. The average Bonchev–Trinajstić information content (AvgIpc) is 2.68. The quantitative estimate of drug-likeness (QED) is 0.877. The molecule has 2 unspecified atom stereocenters. The molecule has 4 heteroatoms. The Labute approximate surface area is 115 Å². The molecule has 2 aliphatic heterocycles. The Morgan fingerprint density at radius 2 is 1.89 bits per heavy atom. The van der Waals surface area contributed by atoms with E-state index in [4.69, 9.17) is 0 Å². The van der Waals surface area contributed by atoms with Gasteiger partial charge in [0, 0.05) is 35.8 Å². The fourth-order valence-corrected chi connectivity index (χ4v) is 3.31. The number of anilines is 1. The van der Waals surface area contributed by atoms with Gasteiger partial charge in [0.05, 0.1) is 0 Å². The second kappa shape index (κ2) is 5.08. The summed E-state index contributed by atoms with van der Waals surface area (Å²) < 4.78 is 0. The van der Waals surface area contributed by atoms with Gasteiger partial charge in [-0.15, -0.1) is 0 Å². The summed E-state index contributed by atoms with van der Waals surface area (Å²) in [5, 5.41) is 7.30. The van der Waals surface area contributed by atoms with Gasteiger partial charge in [-0.3, -0.25) is 0 Å². The summed E-state index contributed by atoms with van der Waals surface area (Å²) in [6, 6.07) is 4.05. The normalized spacial score (nSPS) is 29.8. The number of rotatable bonds is 3. The van der Waals surface area contributed by atoms with E-state index in [1.54, 1.807) is 0 Å². The van der Waals surface area contributed by atoms with E-state index < -0.39 is 0 Å². The largest absolute Gasteiger partial charge is 0.367 e. The van der Waals surface area contributed by atoms with Gasteiger partial charge in [0.1, 0.15) is 11.6 Å². The zero-order chi connectivity index (χ0) is 13.4. The molecule has 0 saturated carbocycles. The minimum Gasteiger partial charge on any atom is -0.367 e. The smallest absolute Gasteiger partial charge is 0.133 e. The third-order valence-electron chi connectivity index (χ3n) is 4.21. The maximum atomic E-state index is 4.66. The number of fused-ring (bicyclic) bond motifs is 2. The van der Waals surface area contributed by atoms with Crippen LogP contribution in [-0.4, -0.2) is 28.1 Å². The van der Waals surface area contributed by atoms with Crippen LogP contribution in [0.1, 0.15) is 57.0 Å². The topological polar surface area (TPSA) is 49.8 Å². The summed E-state index contributed by atoms with van der Waals surface area (Å²) in [6.45, 7) is 6.33. The minimum absolute atomic E-state index is 0.379. The molecule has 0 spiro atoms. The van der Waals surface area contributed by atoms with Crippen LogP contribution in [0, 0.1) is 6.92 Å². The highest BCUT2D eigenvalue weighted by molar-refractivity contribution is 5.37. The highest BCUT2D eigenvalue weighted by Crippen LogP contribution is 2.28. The van der Waals surface area contributed by atoms with Crippen LogP contribution in [0.25, 0.3) is 0 Å². The van der Waals surface area contributed by atoms with Crippen LogP contribution in [0.3, 0.4) is 0 Å². The lowest BCUT2D eigenvalue weighted by molar-refractivity contribution is 0.377. The Balaban J connectivity index is 1.72. The van der Waals surface area contributed by atoms with Gasteiger partial charge in [-0.25, -0.2) is 9.97 Å². The van der Waals surface area contributed by atoms with Gasteiger partial charge in [-0.2, -0.15) is 0 Å². The van der Waals surface area contributed by atoms with Crippen molar-refractivity contribution in [3.63, 3.8) is 0 Å². The van der Waals surface area contributed by atoms with Gasteiger partial charge >= 0.3 is 0 Å². The fourth-order valence-electron chi connectivity index (χ4n) is 3.31. The van der Waals surface area contributed by atoms with Gasteiger partial charge in [-0.1, -0.05) is 13.8 Å². The van der Waals surface area contributed by atoms with Crippen molar-refractivity contribution in [3.05, 3.63) is 17.6 Å². The molecule has 2 aliphatic rings. The third kappa shape index (κ3) is 2.89. The molecule has 2 bridgehead atoms. The van der Waals surface area contributed by atoms with E-state index in [9.17, 15) is 0 Å². The van der Waals surface area contributed by atoms with Crippen LogP contribution in [0.15, 0.2) is 6.07 Å². The number of nitrogens with one attached hydrogen (secondary N) is 2. The molecule has 2 saturated heterocycles. The molecule has 1 aromatic rings. The molecule has 0 aromatic carbocycles. The van der Waals surface area contributed by atoms with Gasteiger partial charge in [0.2, 0.25) is 0 Å². The summed E-state index contributed by atoms with van der Waals surface area (Å²) >= 11 is 0. The Morgan fingerprint density at radius 1 is 1.21 bits per heavy atom. The number of hydrogen-bond acceptors (Lipinski definition) is 4. The van der Waals surface area contributed by atoms with Crippen LogP contribution in [-0.2, 0) is 0 Å². The first-order valence-corrected chi connectivity index (χ1v) is 7.48. The van der Waals surface area contributed by atoms with Gasteiger partial charge in [0.15, 0.2) is 0 Å². The van der Waals surface area contributed by atoms with E-state index in [2.05, 4.69) is 40.5 Å². The van der Waals surface area contributed by atoms with Crippen molar-refractivity contribution in [2.75, 3.05) is 5.32 Å². The first-order chi connectivity index (χ1) is 9.10. The molecule has 3 heterocycles. The van der Waals surface area contributed by atoms with Crippen molar-refractivity contribution in [2.45, 2.75) is 70.5 Å². The van der Waals surface area contributed by atoms with Crippen LogP contribution in [0.2, 0.25) is 0 Å². The number of aryl methyl sites for hydroxylation is 1. The molecule has 104 valence electrons. The van der Waals surface area contributed by atoms with Crippen LogP contribution >= 0.6 is 0 Å². The highest BCUT2D eigenvalue weighted by Gasteiger charge is 2.33. The van der Waals surface area contributed by atoms with Crippen LogP contribution in [0.5, 0.6) is 0 Å². The molecule has 0 radical (unpaired) electrons. The highest BCUT2D eigenvalue weighted by atomic mass is 15.1. The van der Waals surface area contributed by atoms with E-state index in [0.717, 1.165) is 17.3 Å². The lowest BCUT2D eigenvalue weighted by Gasteiger charge is -2.30. The van der Waals surface area contributed by atoms with E-state index in [1.165, 1.54) is 25.7 Å². The number of piperidine rings is 1. The second-order valence-electron chi connectivity index (χ2n) is 6.36. The van der Waals surface area contributed by atoms with E-state index in [0.29, 0.717) is 24.0 Å². The van der Waals surface area contributed by atoms with Gasteiger partial charge in [-0.05, 0) is 32.6 Å². The molecule has 0 aliphatic carbocycles. The van der Waals surface area contributed by atoms with Crippen molar-refractivity contribution < 1.29 is 0 Å². The number of hydrogen-bond donors (Lipinski definition) is 2. The fraction of sp³-hybridized carbons (Fsp3) is 0.733. The lowest BCUT2D eigenvalue weighted by atomic mass is 10.00. The SMILES string of the molecule is Cc1cc(NC2CC3CCC(C2)N3)nc(C(C)C)n1. The molecular formula is C15H24N4. The van der Waals surface area contributed by atoms with Crippen molar-refractivity contribution >= 4 is 5.82 Å². The van der Waals surface area contributed by atoms with Crippen molar-refractivity contribution in [1.29, 1.82) is 0 Å². The number of aromatic nitrogens is 2. The molecule has 2 N–H and O–H groups in total. The van der Waals surface area contributed by atoms with Crippen molar-refractivity contribution in [3.8, 4) is 0 Å². The number of nitrogens with zero attached hydrogens (tertiary/aromatic N) is 2. The van der Waals surface area contributed by atoms with Crippen molar-refractivity contribution in [2.24, 2.45) is 0 Å². The minimum atomic E-state index is 0.379. The Morgan fingerprint density at radius 3 is 2.53 bits per heavy atom. The first kappa shape index (κ1) is 12.9. The molecule has 1 aromatic heterocycles. The molecule has 2 atom stereocenters. The first-order valence-electron chi connectivity index (χ1n) is 7.48. The van der Waals surface area contributed by atoms with E-state index >= 15 is 0 Å². The average molecular weight is 260 g/mol. The Hall–Kier alpha value is -1.16. The standard InChI is InChI=1S/C15H24N4/c1-9(2)15-16-10(3)6-14(19-15)18-13-7-11-4-5-12(8-13)17-11/h6,9,11-13,17H,4-5,7-8H2,1-3H3,(H,16,18,19). The summed E-state index contributed by atoms with van der Waals surface area (Å²) in [5.74, 6) is 2.33. The third-order valence-corrected chi connectivity index (χ3v) is 4.21. The molecule has 2 fully saturated rings. The van der Waals surface area contributed by atoms with Crippen LogP contribution in [0.4, 0.5) is 5.82 Å². The predicted molar refractivity (Wildman–Crippen MR) is 77.4 cm³/mol. The zero-order valence-electron chi connectivity index (χ0n) is 12.1.